The van der Waals surface area contributed by atoms with Gasteiger partial charge in [-0.1, -0.05) is 18.2 Å². The highest BCUT2D eigenvalue weighted by Gasteiger charge is 2.06. The van der Waals surface area contributed by atoms with Gasteiger partial charge in [-0.15, -0.1) is 0 Å². The Morgan fingerprint density at radius 1 is 1.15 bits per heavy atom. The highest BCUT2D eigenvalue weighted by Crippen LogP contribution is 2.21. The van der Waals surface area contributed by atoms with Gasteiger partial charge in [0.15, 0.2) is 0 Å². The first-order valence-corrected chi connectivity index (χ1v) is 8.34. The van der Waals surface area contributed by atoms with Crippen LogP contribution in [0.2, 0.25) is 0 Å². The van der Waals surface area contributed by atoms with Crippen molar-refractivity contribution < 1.29 is 14.3 Å². The first-order valence-electron chi connectivity index (χ1n) is 8.34. The molecule has 1 N–H and O–H groups in total. The minimum Gasteiger partial charge on any atom is -0.496 e. The quantitative estimate of drug-likeness (QED) is 0.517. The predicted molar refractivity (Wildman–Crippen MR) is 103 cm³/mol. The molecule has 136 valence electrons. The van der Waals surface area contributed by atoms with Crippen LogP contribution in [0.5, 0.6) is 11.5 Å². The Balaban J connectivity index is 1.66. The molecular formula is C21H19N3O3. The number of rotatable bonds is 7. The lowest BCUT2D eigenvalue weighted by Crippen LogP contribution is -2.17. The summed E-state index contributed by atoms with van der Waals surface area (Å²) in [6.07, 6.45) is 4.66. The van der Waals surface area contributed by atoms with E-state index in [2.05, 4.69) is 15.5 Å². The average molecular weight is 361 g/mol. The van der Waals surface area contributed by atoms with E-state index in [4.69, 9.17) is 9.47 Å². The van der Waals surface area contributed by atoms with Gasteiger partial charge in [0, 0.05) is 18.0 Å². The third-order valence-electron chi connectivity index (χ3n) is 3.75. The van der Waals surface area contributed by atoms with Crippen LogP contribution in [-0.2, 0) is 6.61 Å². The number of hydrazone groups is 1. The Morgan fingerprint density at radius 2 is 2.00 bits per heavy atom. The van der Waals surface area contributed by atoms with Crippen molar-refractivity contribution in [2.45, 2.75) is 6.61 Å². The number of nitrogens with zero attached hydrogens (tertiary/aromatic N) is 2. The third kappa shape index (κ3) is 5.15. The molecule has 0 fully saturated rings. The molecule has 1 amide bonds. The van der Waals surface area contributed by atoms with Crippen molar-refractivity contribution in [3.63, 3.8) is 0 Å². The van der Waals surface area contributed by atoms with E-state index in [9.17, 15) is 4.79 Å². The maximum absolute atomic E-state index is 12.0. The summed E-state index contributed by atoms with van der Waals surface area (Å²) in [6, 6.07) is 18.5. The van der Waals surface area contributed by atoms with E-state index in [1.807, 2.05) is 48.5 Å². The number of benzene rings is 2. The first-order chi connectivity index (χ1) is 13.3. The Morgan fingerprint density at radius 3 is 2.74 bits per heavy atom. The molecule has 0 unspecified atom stereocenters. The summed E-state index contributed by atoms with van der Waals surface area (Å²) in [5, 5.41) is 4.00. The first kappa shape index (κ1) is 18.1. The van der Waals surface area contributed by atoms with Crippen LogP contribution in [0, 0.1) is 0 Å². The molecule has 0 aliphatic carbocycles. The zero-order valence-electron chi connectivity index (χ0n) is 14.8. The highest BCUT2D eigenvalue weighted by atomic mass is 16.5. The van der Waals surface area contributed by atoms with Gasteiger partial charge in [0.2, 0.25) is 0 Å². The number of aromatic nitrogens is 1. The minimum absolute atomic E-state index is 0.319. The number of hydrogen-bond acceptors (Lipinski definition) is 5. The molecule has 0 bridgehead atoms. The van der Waals surface area contributed by atoms with Crippen molar-refractivity contribution in [1.82, 2.24) is 10.4 Å². The molecule has 0 atom stereocenters. The van der Waals surface area contributed by atoms with E-state index in [0.29, 0.717) is 12.2 Å². The monoisotopic (exact) mass is 361 g/mol. The van der Waals surface area contributed by atoms with Gasteiger partial charge >= 0.3 is 0 Å². The fourth-order valence-corrected chi connectivity index (χ4v) is 2.40. The Hall–Kier alpha value is -3.67. The van der Waals surface area contributed by atoms with Crippen LogP contribution in [0.1, 0.15) is 21.5 Å². The SMILES string of the molecule is COc1ccc(/C=N/NC(=O)c2cccnc2)cc1COc1ccccc1. The maximum atomic E-state index is 12.0. The van der Waals surface area contributed by atoms with Gasteiger partial charge in [-0.3, -0.25) is 9.78 Å². The smallest absolute Gasteiger partial charge is 0.272 e. The van der Waals surface area contributed by atoms with E-state index in [0.717, 1.165) is 22.6 Å². The van der Waals surface area contributed by atoms with Gasteiger partial charge in [-0.2, -0.15) is 5.10 Å². The Bertz CT molecular complexity index is 912. The molecule has 3 aromatic rings. The number of nitrogens with one attached hydrogen (secondary N) is 1. The van der Waals surface area contributed by atoms with Gasteiger partial charge in [-0.05, 0) is 48.0 Å². The zero-order valence-corrected chi connectivity index (χ0v) is 14.8. The predicted octanol–water partition coefficient (Wildman–Crippen LogP) is 3.43. The van der Waals surface area contributed by atoms with E-state index < -0.39 is 0 Å². The van der Waals surface area contributed by atoms with Crippen molar-refractivity contribution in [1.29, 1.82) is 0 Å². The summed E-state index contributed by atoms with van der Waals surface area (Å²) < 4.78 is 11.2. The number of ether oxygens (including phenoxy) is 2. The average Bonchev–Trinajstić information content (AvgIpc) is 2.73. The lowest BCUT2D eigenvalue weighted by molar-refractivity contribution is 0.0955. The number of amides is 1. The maximum Gasteiger partial charge on any atom is 0.272 e. The van der Waals surface area contributed by atoms with Gasteiger partial charge in [0.05, 0.1) is 18.9 Å². The molecule has 6 heteroatoms. The second-order valence-electron chi connectivity index (χ2n) is 5.61. The number of hydrogen-bond donors (Lipinski definition) is 1. The number of para-hydroxylation sites is 1. The normalized spacial score (nSPS) is 10.6. The van der Waals surface area contributed by atoms with Crippen LogP contribution in [0.25, 0.3) is 0 Å². The van der Waals surface area contributed by atoms with Crippen LogP contribution < -0.4 is 14.9 Å². The molecule has 3 rings (SSSR count). The molecule has 0 radical (unpaired) electrons. The topological polar surface area (TPSA) is 72.8 Å². The van der Waals surface area contributed by atoms with E-state index in [-0.39, 0.29) is 5.91 Å². The van der Waals surface area contributed by atoms with Crippen LogP contribution in [-0.4, -0.2) is 24.2 Å². The summed E-state index contributed by atoms with van der Waals surface area (Å²) in [7, 11) is 1.61. The second-order valence-corrected chi connectivity index (χ2v) is 5.61. The van der Waals surface area contributed by atoms with Crippen molar-refractivity contribution >= 4 is 12.1 Å². The number of carbonyl (C=O) groups is 1. The summed E-state index contributed by atoms with van der Waals surface area (Å²) in [4.78, 5) is 15.9. The molecule has 0 saturated heterocycles. The summed E-state index contributed by atoms with van der Waals surface area (Å²) >= 11 is 0. The molecule has 27 heavy (non-hydrogen) atoms. The van der Waals surface area contributed by atoms with Crippen molar-refractivity contribution in [3.05, 3.63) is 89.7 Å². The van der Waals surface area contributed by atoms with Crippen molar-refractivity contribution in [2.75, 3.05) is 7.11 Å². The molecule has 1 heterocycles. The van der Waals surface area contributed by atoms with Crippen molar-refractivity contribution in [3.8, 4) is 11.5 Å². The molecule has 6 nitrogen and oxygen atoms in total. The zero-order chi connectivity index (χ0) is 18.9. The van der Waals surface area contributed by atoms with E-state index in [1.165, 1.54) is 6.20 Å². The van der Waals surface area contributed by atoms with E-state index in [1.54, 1.807) is 31.7 Å². The fourth-order valence-electron chi connectivity index (χ4n) is 2.40. The van der Waals surface area contributed by atoms with Crippen LogP contribution >= 0.6 is 0 Å². The van der Waals surface area contributed by atoms with Gasteiger partial charge in [0.1, 0.15) is 18.1 Å². The Labute approximate surface area is 157 Å². The molecule has 1 aromatic heterocycles. The van der Waals surface area contributed by atoms with Crippen LogP contribution in [0.15, 0.2) is 78.2 Å². The van der Waals surface area contributed by atoms with Gasteiger partial charge < -0.3 is 9.47 Å². The number of methoxy groups -OCH3 is 1. The van der Waals surface area contributed by atoms with E-state index >= 15 is 0 Å². The lowest BCUT2D eigenvalue weighted by atomic mass is 10.1. The lowest BCUT2D eigenvalue weighted by Gasteiger charge is -2.11. The molecule has 0 saturated carbocycles. The van der Waals surface area contributed by atoms with Gasteiger partial charge in [0.25, 0.3) is 5.91 Å². The molecule has 0 spiro atoms. The third-order valence-corrected chi connectivity index (χ3v) is 3.75. The Kier molecular flexibility index (Phi) is 6.14. The molecule has 2 aromatic carbocycles. The molecule has 0 aliphatic rings. The highest BCUT2D eigenvalue weighted by molar-refractivity contribution is 5.94. The number of pyridine rings is 1. The standard InChI is InChI=1S/C21H19N3O3/c1-26-20-10-9-16(12-18(20)15-27-19-7-3-2-4-8-19)13-23-24-21(25)17-6-5-11-22-14-17/h2-14H,15H2,1H3,(H,24,25)/b23-13+. The fraction of sp³-hybridized carbons (Fsp3) is 0.0952. The molecular weight excluding hydrogens is 342 g/mol. The minimum atomic E-state index is -0.319. The second kappa shape index (κ2) is 9.15. The van der Waals surface area contributed by atoms with Crippen LogP contribution in [0.4, 0.5) is 0 Å². The molecule has 0 aliphatic heterocycles. The largest absolute Gasteiger partial charge is 0.496 e. The van der Waals surface area contributed by atoms with Crippen LogP contribution in [0.3, 0.4) is 0 Å². The van der Waals surface area contributed by atoms with Gasteiger partial charge in [-0.25, -0.2) is 5.43 Å². The number of carbonyl (C=O) groups excluding carboxylic acids is 1. The van der Waals surface area contributed by atoms with Crippen molar-refractivity contribution in [2.24, 2.45) is 5.10 Å². The summed E-state index contributed by atoms with van der Waals surface area (Å²) in [6.45, 7) is 0.358. The summed E-state index contributed by atoms with van der Waals surface area (Å²) in [5.41, 5.74) is 4.62. The summed E-state index contributed by atoms with van der Waals surface area (Å²) in [5.74, 6) is 1.19.